The molecule has 0 aliphatic heterocycles. The van der Waals surface area contributed by atoms with E-state index in [4.69, 9.17) is 16.3 Å². The molecule has 0 saturated heterocycles. The summed E-state index contributed by atoms with van der Waals surface area (Å²) < 4.78 is 5.15. The molecule has 0 amide bonds. The van der Waals surface area contributed by atoms with Gasteiger partial charge in [0.2, 0.25) is 5.28 Å². The molecule has 18 heavy (non-hydrogen) atoms. The van der Waals surface area contributed by atoms with Gasteiger partial charge in [0.25, 0.3) is 0 Å². The summed E-state index contributed by atoms with van der Waals surface area (Å²) in [6.07, 6.45) is 1.76. The fraction of sp³-hybridized carbons (Fsp3) is 0.0769. The number of rotatable bonds is 2. The molecule has 0 unspecified atom stereocenters. The van der Waals surface area contributed by atoms with E-state index >= 15 is 0 Å². The number of fused-ring (bicyclic) bond motifs is 1. The third kappa shape index (κ3) is 1.94. The average Bonchev–Trinajstić information content (AvgIpc) is 2.81. The van der Waals surface area contributed by atoms with Gasteiger partial charge >= 0.3 is 0 Å². The Morgan fingerprint density at radius 3 is 2.72 bits per heavy atom. The lowest BCUT2D eigenvalue weighted by Gasteiger charge is -2.02. The van der Waals surface area contributed by atoms with Crippen molar-refractivity contribution in [1.82, 2.24) is 9.97 Å². The quantitative estimate of drug-likeness (QED) is 0.663. The molecule has 0 aliphatic carbocycles. The fourth-order valence-corrected chi connectivity index (χ4v) is 2.90. The highest BCUT2D eigenvalue weighted by molar-refractivity contribution is 7.17. The summed E-state index contributed by atoms with van der Waals surface area (Å²) >= 11 is 7.35. The van der Waals surface area contributed by atoms with E-state index in [0.717, 1.165) is 27.1 Å². The Hall–Kier alpha value is -1.65. The van der Waals surface area contributed by atoms with Gasteiger partial charge in [-0.15, -0.1) is 11.3 Å². The van der Waals surface area contributed by atoms with E-state index in [1.54, 1.807) is 24.6 Å². The number of nitrogens with zero attached hydrogens (tertiary/aromatic N) is 2. The van der Waals surface area contributed by atoms with Crippen LogP contribution in [0.1, 0.15) is 0 Å². The van der Waals surface area contributed by atoms with Gasteiger partial charge in [0.05, 0.1) is 7.11 Å². The largest absolute Gasteiger partial charge is 0.497 e. The molecule has 2 heterocycles. The van der Waals surface area contributed by atoms with Crippen molar-refractivity contribution < 1.29 is 4.74 Å². The van der Waals surface area contributed by atoms with E-state index < -0.39 is 0 Å². The van der Waals surface area contributed by atoms with Gasteiger partial charge in [-0.25, -0.2) is 9.97 Å². The van der Waals surface area contributed by atoms with Crippen molar-refractivity contribution in [2.24, 2.45) is 0 Å². The van der Waals surface area contributed by atoms with Crippen LogP contribution in [0.5, 0.6) is 5.75 Å². The zero-order chi connectivity index (χ0) is 12.5. The second-order valence-electron chi connectivity index (χ2n) is 3.74. The molecule has 3 nitrogen and oxygen atoms in total. The van der Waals surface area contributed by atoms with E-state index in [1.165, 1.54) is 0 Å². The van der Waals surface area contributed by atoms with Crippen molar-refractivity contribution in [1.29, 1.82) is 0 Å². The first-order chi connectivity index (χ1) is 8.78. The first-order valence-electron chi connectivity index (χ1n) is 5.32. The molecule has 5 heteroatoms. The molecule has 0 aliphatic rings. The van der Waals surface area contributed by atoms with Crippen LogP contribution in [-0.4, -0.2) is 17.1 Å². The number of hydrogen-bond donors (Lipinski definition) is 0. The fourth-order valence-electron chi connectivity index (χ4n) is 1.79. The topological polar surface area (TPSA) is 35.0 Å². The third-order valence-electron chi connectivity index (χ3n) is 2.70. The molecular weight excluding hydrogens is 268 g/mol. The minimum Gasteiger partial charge on any atom is -0.497 e. The maximum Gasteiger partial charge on any atom is 0.223 e. The second-order valence-corrected chi connectivity index (χ2v) is 4.93. The van der Waals surface area contributed by atoms with Gasteiger partial charge < -0.3 is 4.74 Å². The number of methoxy groups -OCH3 is 1. The highest BCUT2D eigenvalue weighted by atomic mass is 35.5. The van der Waals surface area contributed by atoms with Crippen LogP contribution >= 0.6 is 22.9 Å². The summed E-state index contributed by atoms with van der Waals surface area (Å²) in [5.74, 6) is 0.845. The summed E-state index contributed by atoms with van der Waals surface area (Å²) in [6.45, 7) is 0. The van der Waals surface area contributed by atoms with Crippen molar-refractivity contribution in [2.45, 2.75) is 0 Å². The highest BCUT2D eigenvalue weighted by Gasteiger charge is 2.08. The monoisotopic (exact) mass is 276 g/mol. The molecule has 0 radical (unpaired) electrons. The minimum atomic E-state index is 0.283. The predicted octanol–water partition coefficient (Wildman–Crippen LogP) is 4.02. The molecule has 0 atom stereocenters. The van der Waals surface area contributed by atoms with Crippen molar-refractivity contribution in [3.05, 3.63) is 41.1 Å². The van der Waals surface area contributed by atoms with Crippen LogP contribution in [0, 0.1) is 0 Å². The molecule has 3 rings (SSSR count). The summed E-state index contributed by atoms with van der Waals surface area (Å²) in [5, 5.41) is 3.37. The van der Waals surface area contributed by atoms with Crippen LogP contribution in [0.3, 0.4) is 0 Å². The first kappa shape index (κ1) is 11.4. The van der Waals surface area contributed by atoms with E-state index in [9.17, 15) is 0 Å². The van der Waals surface area contributed by atoms with Gasteiger partial charge in [0.15, 0.2) is 0 Å². The Balaban J connectivity index is 2.13. The standard InChI is InChI=1S/C13H9ClN2OS/c1-17-9-4-2-8(3-5-9)11-7-18-12-10(11)6-15-13(14)16-12/h2-7H,1H3. The van der Waals surface area contributed by atoms with E-state index in [0.29, 0.717) is 0 Å². The average molecular weight is 277 g/mol. The molecule has 3 aromatic rings. The molecule has 0 N–H and O–H groups in total. The Morgan fingerprint density at radius 2 is 2.00 bits per heavy atom. The summed E-state index contributed by atoms with van der Waals surface area (Å²) in [4.78, 5) is 9.14. The molecule has 0 fully saturated rings. The third-order valence-corrected chi connectivity index (χ3v) is 3.77. The molecular formula is C13H9ClN2OS. The normalized spacial score (nSPS) is 10.8. The van der Waals surface area contributed by atoms with Gasteiger partial charge in [0.1, 0.15) is 10.6 Å². The Bertz CT molecular complexity index is 694. The van der Waals surface area contributed by atoms with Gasteiger partial charge in [-0.05, 0) is 29.3 Å². The molecule has 0 spiro atoms. The van der Waals surface area contributed by atoms with Crippen LogP contribution in [0.15, 0.2) is 35.8 Å². The second kappa shape index (κ2) is 4.55. The van der Waals surface area contributed by atoms with E-state index in [-0.39, 0.29) is 5.28 Å². The van der Waals surface area contributed by atoms with E-state index in [2.05, 4.69) is 15.3 Å². The van der Waals surface area contributed by atoms with Crippen LogP contribution in [0.25, 0.3) is 21.3 Å². The van der Waals surface area contributed by atoms with Gasteiger partial charge in [-0.1, -0.05) is 12.1 Å². The van der Waals surface area contributed by atoms with Crippen LogP contribution < -0.4 is 4.74 Å². The van der Waals surface area contributed by atoms with Crippen molar-refractivity contribution in [3.63, 3.8) is 0 Å². The van der Waals surface area contributed by atoms with Crippen LogP contribution in [0.4, 0.5) is 0 Å². The number of ether oxygens (including phenoxy) is 1. The molecule has 0 saturated carbocycles. The Labute approximate surface area is 113 Å². The van der Waals surface area contributed by atoms with Gasteiger partial charge in [0, 0.05) is 22.5 Å². The molecule has 90 valence electrons. The van der Waals surface area contributed by atoms with Crippen molar-refractivity contribution >= 4 is 33.2 Å². The summed E-state index contributed by atoms with van der Waals surface area (Å²) in [6, 6.07) is 7.93. The first-order valence-corrected chi connectivity index (χ1v) is 6.58. The van der Waals surface area contributed by atoms with Crippen LogP contribution in [-0.2, 0) is 0 Å². The van der Waals surface area contributed by atoms with Crippen molar-refractivity contribution in [3.8, 4) is 16.9 Å². The Kier molecular flexibility index (Phi) is 2.89. The number of benzene rings is 1. The Morgan fingerprint density at radius 1 is 1.22 bits per heavy atom. The lowest BCUT2D eigenvalue weighted by molar-refractivity contribution is 0.415. The maximum atomic E-state index is 5.78. The minimum absolute atomic E-state index is 0.283. The SMILES string of the molecule is COc1ccc(-c2csc3nc(Cl)ncc23)cc1. The zero-order valence-electron chi connectivity index (χ0n) is 9.55. The smallest absolute Gasteiger partial charge is 0.223 e. The number of halogens is 1. The predicted molar refractivity (Wildman–Crippen MR) is 74.4 cm³/mol. The maximum absolute atomic E-state index is 5.78. The molecule has 0 bridgehead atoms. The summed E-state index contributed by atoms with van der Waals surface area (Å²) in [5.41, 5.74) is 2.24. The van der Waals surface area contributed by atoms with E-state index in [1.807, 2.05) is 24.3 Å². The number of thiophene rings is 1. The van der Waals surface area contributed by atoms with Gasteiger partial charge in [-0.3, -0.25) is 0 Å². The number of hydrogen-bond acceptors (Lipinski definition) is 4. The van der Waals surface area contributed by atoms with Crippen molar-refractivity contribution in [2.75, 3.05) is 7.11 Å². The van der Waals surface area contributed by atoms with Gasteiger partial charge in [-0.2, -0.15) is 0 Å². The molecule has 1 aromatic carbocycles. The lowest BCUT2D eigenvalue weighted by atomic mass is 10.1. The molecule has 2 aromatic heterocycles. The highest BCUT2D eigenvalue weighted by Crippen LogP contribution is 2.33. The number of aromatic nitrogens is 2. The van der Waals surface area contributed by atoms with Crippen LogP contribution in [0.2, 0.25) is 5.28 Å². The zero-order valence-corrected chi connectivity index (χ0v) is 11.1. The summed E-state index contributed by atoms with van der Waals surface area (Å²) in [7, 11) is 1.66. The lowest BCUT2D eigenvalue weighted by Crippen LogP contribution is -1.83.